The second-order valence-electron chi connectivity index (χ2n) is 9.28. The summed E-state index contributed by atoms with van der Waals surface area (Å²) in [5.74, 6) is 0.631. The van der Waals surface area contributed by atoms with Gasteiger partial charge in [0.05, 0.1) is 58.8 Å². The molecule has 15 heteroatoms. The highest BCUT2D eigenvalue weighted by Gasteiger charge is 2.25. The van der Waals surface area contributed by atoms with Gasteiger partial charge in [-0.3, -0.25) is 9.48 Å². The van der Waals surface area contributed by atoms with Gasteiger partial charge in [-0.2, -0.15) is 5.10 Å². The van der Waals surface area contributed by atoms with Crippen LogP contribution in [0.5, 0.6) is 0 Å². The Kier molecular flexibility index (Phi) is 6.90. The number of benzene rings is 1. The van der Waals surface area contributed by atoms with Crippen LogP contribution in [0.2, 0.25) is 0 Å². The van der Waals surface area contributed by atoms with E-state index in [4.69, 9.17) is 47.1 Å². The summed E-state index contributed by atoms with van der Waals surface area (Å²) in [5.41, 5.74) is 2.69. The van der Waals surface area contributed by atoms with Crippen molar-refractivity contribution >= 4 is 75.5 Å². The van der Waals surface area contributed by atoms with E-state index in [1.54, 1.807) is 41.7 Å². The minimum absolute atomic E-state index is 0.303. The predicted molar refractivity (Wildman–Crippen MR) is 152 cm³/mol. The van der Waals surface area contributed by atoms with E-state index in [9.17, 15) is 4.79 Å². The highest BCUT2D eigenvalue weighted by Crippen LogP contribution is 2.25. The first-order valence-electron chi connectivity index (χ1n) is 11.8. The van der Waals surface area contributed by atoms with E-state index in [0.29, 0.717) is 48.9 Å². The Morgan fingerprint density at radius 3 is 2.32 bits per heavy atom. The number of rotatable bonds is 6. The van der Waals surface area contributed by atoms with Gasteiger partial charge in [0, 0.05) is 55.1 Å². The van der Waals surface area contributed by atoms with Crippen LogP contribution < -0.4 is 10.2 Å². The molecule has 12 radical (unpaired) electrons. The molecule has 5 rings (SSSR count). The molecule has 0 spiro atoms. The zero-order chi connectivity index (χ0) is 27.1. The van der Waals surface area contributed by atoms with Crippen molar-refractivity contribution in [1.82, 2.24) is 29.9 Å². The number of nitrogens with one attached hydrogen (secondary N) is 1. The summed E-state index contributed by atoms with van der Waals surface area (Å²) in [6.07, 6.45) is 4.85. The number of carbonyl (C=O) groups is 1. The molecule has 0 atom stereocenters. The Balaban J connectivity index is 1.31. The quantitative estimate of drug-likeness (QED) is 0.365. The summed E-state index contributed by atoms with van der Waals surface area (Å²) < 4.78 is 1.27. The van der Waals surface area contributed by atoms with Crippen LogP contribution in [0.3, 0.4) is 0 Å². The van der Waals surface area contributed by atoms with Crippen LogP contribution in [-0.4, -0.2) is 114 Å². The van der Waals surface area contributed by atoms with Crippen molar-refractivity contribution in [2.45, 2.75) is 10.5 Å². The molecule has 1 fully saturated rings. The summed E-state index contributed by atoms with van der Waals surface area (Å²) in [4.78, 5) is 21.3. The highest BCUT2D eigenvalue weighted by molar-refractivity contribution is 6.59. The Bertz CT molecular complexity index is 1480. The number of fused-ring (bicyclic) bond motifs is 1. The van der Waals surface area contributed by atoms with Crippen molar-refractivity contribution in [3.8, 4) is 11.1 Å². The van der Waals surface area contributed by atoms with Gasteiger partial charge in [-0.25, -0.2) is 4.98 Å². The van der Waals surface area contributed by atoms with Gasteiger partial charge in [0.25, 0.3) is 5.91 Å². The summed E-state index contributed by atoms with van der Waals surface area (Å²) in [6, 6.07) is 10.7. The third kappa shape index (κ3) is 5.67. The van der Waals surface area contributed by atoms with Gasteiger partial charge in [0.2, 0.25) is 0 Å². The Morgan fingerprint density at radius 2 is 1.63 bits per heavy atom. The molecule has 0 aliphatic carbocycles. The molecule has 0 saturated carbocycles. The summed E-state index contributed by atoms with van der Waals surface area (Å²) in [7, 11) is 34.5. The normalized spacial score (nSPS) is 15.0. The Labute approximate surface area is 228 Å². The van der Waals surface area contributed by atoms with Gasteiger partial charge in [-0.05, 0) is 41.1 Å². The van der Waals surface area contributed by atoms with Crippen LogP contribution in [0.4, 0.5) is 11.6 Å². The second-order valence-corrected chi connectivity index (χ2v) is 9.28. The minimum Gasteiger partial charge on any atom is -0.354 e. The maximum Gasteiger partial charge on any atom is 0.257 e. The van der Waals surface area contributed by atoms with Crippen LogP contribution >= 0.6 is 0 Å². The van der Waals surface area contributed by atoms with Gasteiger partial charge in [0.1, 0.15) is 5.82 Å². The Morgan fingerprint density at radius 1 is 0.868 bits per heavy atom. The molecule has 0 unspecified atom stereocenters. The lowest BCUT2D eigenvalue weighted by Gasteiger charge is -2.43. The molecule has 0 bridgehead atoms. The molecule has 4 aromatic rings. The number of nitrogens with zero attached hydrogens (tertiary/aromatic N) is 7. The van der Waals surface area contributed by atoms with Gasteiger partial charge in [-0.15, -0.1) is 10.2 Å². The molecular formula is C23H18B6N8O. The average Bonchev–Trinajstić information content (AvgIpc) is 3.39. The number of amides is 1. The minimum atomic E-state index is -1.61. The van der Waals surface area contributed by atoms with E-state index in [1.807, 2.05) is 23.1 Å². The third-order valence-electron chi connectivity index (χ3n) is 6.30. The standard InChI is InChI=1S/C23H18B6N8O/c24-22(25,26)36-7-5-35(6-8-36)20-11-15(3-4-30-20)21(38)32-19-10-16-9-14(1-2-18(16)33-34-19)17-12-31-37(13-17)23(27,28)29/h1-4,9-13H,5-8H2,(H,32,34,38). The first-order chi connectivity index (χ1) is 18.0. The van der Waals surface area contributed by atoms with Crippen molar-refractivity contribution < 1.29 is 4.79 Å². The molecule has 3 aromatic heterocycles. The average molecular weight is 487 g/mol. The van der Waals surface area contributed by atoms with Gasteiger partial charge in [-0.1, -0.05) is 11.3 Å². The maximum absolute atomic E-state index is 13.0. The van der Waals surface area contributed by atoms with Crippen molar-refractivity contribution in [1.29, 1.82) is 0 Å². The van der Waals surface area contributed by atoms with Crippen LogP contribution in [0, 0.1) is 0 Å². The fourth-order valence-corrected chi connectivity index (χ4v) is 4.21. The van der Waals surface area contributed by atoms with Crippen LogP contribution in [0.1, 0.15) is 10.4 Å². The number of hydrogen-bond acceptors (Lipinski definition) is 7. The number of piperazine rings is 1. The maximum atomic E-state index is 13.0. The van der Waals surface area contributed by atoms with Gasteiger partial charge >= 0.3 is 0 Å². The molecule has 1 amide bonds. The number of anilines is 2. The molecule has 1 aromatic carbocycles. The van der Waals surface area contributed by atoms with Gasteiger partial charge < -0.3 is 15.1 Å². The summed E-state index contributed by atoms with van der Waals surface area (Å²) in [5, 5.41) is 13.1. The first kappa shape index (κ1) is 26.2. The topological polar surface area (TPSA) is 92.1 Å². The van der Waals surface area contributed by atoms with Crippen LogP contribution in [-0.2, 0) is 5.24 Å². The molecule has 174 valence electrons. The second kappa shape index (κ2) is 10.0. The van der Waals surface area contributed by atoms with Gasteiger partial charge in [0.15, 0.2) is 5.82 Å². The fraction of sp³-hybridized carbons (Fsp3) is 0.261. The third-order valence-corrected chi connectivity index (χ3v) is 6.30. The summed E-state index contributed by atoms with van der Waals surface area (Å²) >= 11 is 0. The van der Waals surface area contributed by atoms with Crippen molar-refractivity contribution in [3.63, 3.8) is 0 Å². The van der Waals surface area contributed by atoms with E-state index in [2.05, 4.69) is 25.6 Å². The molecule has 1 N–H and O–H groups in total. The van der Waals surface area contributed by atoms with E-state index >= 15 is 0 Å². The monoisotopic (exact) mass is 488 g/mol. The molecule has 1 aliphatic rings. The van der Waals surface area contributed by atoms with E-state index < -0.39 is 10.5 Å². The van der Waals surface area contributed by atoms with Crippen molar-refractivity contribution in [2.24, 2.45) is 0 Å². The first-order valence-corrected chi connectivity index (χ1v) is 11.8. The molecular weight excluding hydrogens is 469 g/mol. The number of pyridine rings is 1. The van der Waals surface area contributed by atoms with E-state index in [0.717, 1.165) is 16.5 Å². The molecule has 1 aliphatic heterocycles. The SMILES string of the molecule is [B]C([B])([B])N1CCN(c2cc(C(=O)Nc3cc4cc(-c5cnn(C([B])([B])[B])c5)ccc4nn3)ccn2)CC1. The predicted octanol–water partition coefficient (Wildman–Crippen LogP) is -0.547. The van der Waals surface area contributed by atoms with Crippen molar-refractivity contribution in [2.75, 3.05) is 36.4 Å². The molecule has 1 saturated heterocycles. The number of hydrogen-bond donors (Lipinski definition) is 1. The lowest BCUT2D eigenvalue weighted by atomic mass is 9.48. The largest absolute Gasteiger partial charge is 0.354 e. The molecule has 9 nitrogen and oxygen atoms in total. The highest BCUT2D eigenvalue weighted by atomic mass is 16.1. The van der Waals surface area contributed by atoms with Crippen LogP contribution in [0.15, 0.2) is 55.0 Å². The number of aromatic nitrogens is 5. The Hall–Kier alpha value is -3.46. The number of carbonyl (C=O) groups excluding carboxylic acids is 1. The lowest BCUT2D eigenvalue weighted by Crippen LogP contribution is -2.58. The molecule has 4 heterocycles. The smallest absolute Gasteiger partial charge is 0.257 e. The zero-order valence-corrected chi connectivity index (χ0v) is 20.5. The fourth-order valence-electron chi connectivity index (χ4n) is 4.21. The zero-order valence-electron chi connectivity index (χ0n) is 20.5. The van der Waals surface area contributed by atoms with E-state index in [-0.39, 0.29) is 5.91 Å². The van der Waals surface area contributed by atoms with Crippen molar-refractivity contribution in [3.05, 3.63) is 60.6 Å². The lowest BCUT2D eigenvalue weighted by molar-refractivity contribution is 0.102. The van der Waals surface area contributed by atoms with E-state index in [1.165, 1.54) is 4.68 Å². The molecule has 38 heavy (non-hydrogen) atoms. The summed E-state index contributed by atoms with van der Waals surface area (Å²) in [6.45, 7) is 2.38. The van der Waals surface area contributed by atoms with Crippen LogP contribution in [0.25, 0.3) is 22.0 Å².